The van der Waals surface area contributed by atoms with Gasteiger partial charge in [0.1, 0.15) is 0 Å². The van der Waals surface area contributed by atoms with E-state index >= 15 is 0 Å². The minimum absolute atomic E-state index is 0.850. The molecule has 0 aliphatic carbocycles. The lowest BCUT2D eigenvalue weighted by molar-refractivity contribution is 1.70. The van der Waals surface area contributed by atoms with Crippen LogP contribution in [-0.2, 0) is 0 Å². The van der Waals surface area contributed by atoms with Crippen molar-refractivity contribution >= 4 is 49.8 Å². The summed E-state index contributed by atoms with van der Waals surface area (Å²) in [6, 6.07) is 16.8. The minimum Gasteiger partial charge on any atom is -0.398 e. The first kappa shape index (κ1) is 9.90. The van der Waals surface area contributed by atoms with Gasteiger partial charge in [0, 0.05) is 9.26 Å². The molecular weight excluding hydrogens is 309 g/mol. The predicted molar refractivity (Wildman–Crippen MR) is 78.6 cm³/mol. The fourth-order valence-electron chi connectivity index (χ4n) is 2.07. The van der Waals surface area contributed by atoms with Gasteiger partial charge in [0.15, 0.2) is 0 Å². The van der Waals surface area contributed by atoms with Crippen molar-refractivity contribution in [2.75, 3.05) is 5.73 Å². The van der Waals surface area contributed by atoms with Crippen LogP contribution in [-0.4, -0.2) is 0 Å². The van der Waals surface area contributed by atoms with Gasteiger partial charge in [-0.3, -0.25) is 0 Å². The van der Waals surface area contributed by atoms with Crippen LogP contribution in [0.5, 0.6) is 0 Å². The van der Waals surface area contributed by atoms with E-state index in [0.29, 0.717) is 0 Å². The second-order valence-electron chi connectivity index (χ2n) is 3.85. The summed E-state index contributed by atoms with van der Waals surface area (Å²) < 4.78 is 1.14. The Balaban J connectivity index is 2.58. The summed E-state index contributed by atoms with van der Waals surface area (Å²) >= 11 is 2.31. The zero-order valence-electron chi connectivity index (χ0n) is 8.57. The molecule has 0 saturated carbocycles. The van der Waals surface area contributed by atoms with Crippen LogP contribution in [0.4, 0.5) is 5.69 Å². The molecule has 0 unspecified atom stereocenters. The second kappa shape index (κ2) is 3.63. The van der Waals surface area contributed by atoms with Crippen LogP contribution in [0.25, 0.3) is 21.5 Å². The van der Waals surface area contributed by atoms with Gasteiger partial charge in [0.05, 0.1) is 0 Å². The summed E-state index contributed by atoms with van der Waals surface area (Å²) in [5.41, 5.74) is 6.77. The van der Waals surface area contributed by atoms with E-state index in [1.54, 1.807) is 0 Å². The molecule has 0 radical (unpaired) electrons. The molecule has 0 atom stereocenters. The molecule has 0 bridgehead atoms. The number of hydrogen-bond donors (Lipinski definition) is 1. The number of nitrogens with two attached hydrogens (primary N) is 1. The largest absolute Gasteiger partial charge is 0.398 e. The number of nitrogen functional groups attached to an aromatic ring is 1. The Morgan fingerprint density at radius 2 is 1.50 bits per heavy atom. The van der Waals surface area contributed by atoms with E-state index in [0.717, 1.165) is 9.26 Å². The highest BCUT2D eigenvalue weighted by Crippen LogP contribution is 2.31. The van der Waals surface area contributed by atoms with Crippen LogP contribution >= 0.6 is 22.6 Å². The molecule has 0 aliphatic heterocycles. The van der Waals surface area contributed by atoms with E-state index in [1.807, 2.05) is 6.07 Å². The molecule has 2 heteroatoms. The molecule has 2 N–H and O–H groups in total. The van der Waals surface area contributed by atoms with E-state index in [4.69, 9.17) is 5.73 Å². The lowest BCUT2D eigenvalue weighted by Crippen LogP contribution is -1.90. The van der Waals surface area contributed by atoms with Crippen molar-refractivity contribution in [1.29, 1.82) is 0 Å². The summed E-state index contributed by atoms with van der Waals surface area (Å²) in [4.78, 5) is 0. The third-order valence-corrected chi connectivity index (χ3v) is 4.09. The highest BCUT2D eigenvalue weighted by Gasteiger charge is 2.04. The molecule has 3 aromatic rings. The minimum atomic E-state index is 0.850. The summed E-state index contributed by atoms with van der Waals surface area (Å²) in [5, 5.41) is 5.07. The molecular formula is C14H10IN. The van der Waals surface area contributed by atoms with Gasteiger partial charge < -0.3 is 5.73 Å². The van der Waals surface area contributed by atoms with Gasteiger partial charge in [-0.2, -0.15) is 0 Å². The van der Waals surface area contributed by atoms with Crippen molar-refractivity contribution in [1.82, 2.24) is 0 Å². The first-order valence-electron chi connectivity index (χ1n) is 5.13. The lowest BCUT2D eigenvalue weighted by atomic mass is 10.0. The second-order valence-corrected chi connectivity index (χ2v) is 4.93. The topological polar surface area (TPSA) is 26.0 Å². The van der Waals surface area contributed by atoms with Crippen LogP contribution in [0.15, 0.2) is 48.5 Å². The Labute approximate surface area is 107 Å². The van der Waals surface area contributed by atoms with Crippen molar-refractivity contribution in [3.05, 3.63) is 52.1 Å². The number of hydrogen-bond acceptors (Lipinski definition) is 1. The number of rotatable bonds is 0. The third-order valence-electron chi connectivity index (χ3n) is 2.89. The van der Waals surface area contributed by atoms with E-state index in [9.17, 15) is 0 Å². The zero-order chi connectivity index (χ0) is 11.1. The molecule has 0 spiro atoms. The fourth-order valence-corrected chi connectivity index (χ4v) is 2.72. The molecule has 78 valence electrons. The smallest absolute Gasteiger partial charge is 0.0456 e. The molecule has 0 heterocycles. The standard InChI is InChI=1S/C14H10IN/c15-14-12-6-5-9-3-1-2-4-10(9)11(12)7-8-13(14)16/h1-8H,16H2. The normalized spacial score (nSPS) is 11.1. The Bertz CT molecular complexity index is 689. The zero-order valence-corrected chi connectivity index (χ0v) is 10.7. The van der Waals surface area contributed by atoms with Crippen molar-refractivity contribution in [3.8, 4) is 0 Å². The molecule has 0 aliphatic rings. The molecule has 0 amide bonds. The molecule has 1 nitrogen and oxygen atoms in total. The van der Waals surface area contributed by atoms with Crippen molar-refractivity contribution in [2.45, 2.75) is 0 Å². The van der Waals surface area contributed by atoms with Gasteiger partial charge in [-0.15, -0.1) is 0 Å². The van der Waals surface area contributed by atoms with Crippen LogP contribution < -0.4 is 5.73 Å². The molecule has 0 fully saturated rings. The monoisotopic (exact) mass is 319 g/mol. The first-order valence-corrected chi connectivity index (χ1v) is 6.21. The van der Waals surface area contributed by atoms with Gasteiger partial charge in [-0.25, -0.2) is 0 Å². The van der Waals surface area contributed by atoms with E-state index < -0.39 is 0 Å². The molecule has 3 aromatic carbocycles. The summed E-state index contributed by atoms with van der Waals surface area (Å²) in [7, 11) is 0. The Morgan fingerprint density at radius 1 is 0.750 bits per heavy atom. The maximum absolute atomic E-state index is 5.92. The SMILES string of the molecule is Nc1ccc2c(ccc3ccccc32)c1I. The van der Waals surface area contributed by atoms with Gasteiger partial charge in [-0.1, -0.05) is 42.5 Å². The van der Waals surface area contributed by atoms with Gasteiger partial charge in [0.2, 0.25) is 0 Å². The number of fused-ring (bicyclic) bond motifs is 3. The lowest BCUT2D eigenvalue weighted by Gasteiger charge is -2.07. The van der Waals surface area contributed by atoms with Crippen LogP contribution in [0.2, 0.25) is 0 Å². The van der Waals surface area contributed by atoms with E-state index in [2.05, 4.69) is 65.1 Å². The number of anilines is 1. The summed E-state index contributed by atoms with van der Waals surface area (Å²) in [5.74, 6) is 0. The highest BCUT2D eigenvalue weighted by molar-refractivity contribution is 14.1. The Kier molecular flexibility index (Phi) is 2.24. The van der Waals surface area contributed by atoms with Crippen molar-refractivity contribution in [2.24, 2.45) is 0 Å². The molecule has 0 saturated heterocycles. The average Bonchev–Trinajstić information content (AvgIpc) is 2.33. The summed E-state index contributed by atoms with van der Waals surface area (Å²) in [6.45, 7) is 0. The number of halogens is 1. The van der Waals surface area contributed by atoms with Crippen molar-refractivity contribution < 1.29 is 0 Å². The Hall–Kier alpha value is -1.29. The summed E-state index contributed by atoms with van der Waals surface area (Å²) in [6.07, 6.45) is 0. The maximum atomic E-state index is 5.92. The van der Waals surface area contributed by atoms with E-state index in [-0.39, 0.29) is 0 Å². The molecule has 0 aromatic heterocycles. The maximum Gasteiger partial charge on any atom is 0.0456 e. The van der Waals surface area contributed by atoms with Gasteiger partial charge in [0.25, 0.3) is 0 Å². The average molecular weight is 319 g/mol. The van der Waals surface area contributed by atoms with Crippen LogP contribution in [0.3, 0.4) is 0 Å². The van der Waals surface area contributed by atoms with Crippen molar-refractivity contribution in [3.63, 3.8) is 0 Å². The molecule has 3 rings (SSSR count). The molecule has 16 heavy (non-hydrogen) atoms. The quantitative estimate of drug-likeness (QED) is 0.375. The highest BCUT2D eigenvalue weighted by atomic mass is 127. The van der Waals surface area contributed by atoms with E-state index in [1.165, 1.54) is 21.5 Å². The van der Waals surface area contributed by atoms with Crippen LogP contribution in [0, 0.1) is 3.57 Å². The van der Waals surface area contributed by atoms with Gasteiger partial charge in [-0.05, 0) is 50.2 Å². The van der Waals surface area contributed by atoms with Crippen LogP contribution in [0.1, 0.15) is 0 Å². The third kappa shape index (κ3) is 1.37. The Morgan fingerprint density at radius 3 is 2.38 bits per heavy atom. The first-order chi connectivity index (χ1) is 7.77. The number of benzene rings is 3. The predicted octanol–water partition coefficient (Wildman–Crippen LogP) is 4.18. The fraction of sp³-hybridized carbons (Fsp3) is 0. The van der Waals surface area contributed by atoms with Gasteiger partial charge >= 0.3 is 0 Å².